The van der Waals surface area contributed by atoms with Crippen LogP contribution in [-0.2, 0) is 0 Å². The maximum atomic E-state index is 10.8. The van der Waals surface area contributed by atoms with Gasteiger partial charge in [-0.15, -0.1) is 0 Å². The van der Waals surface area contributed by atoms with E-state index < -0.39 is 5.97 Å². The van der Waals surface area contributed by atoms with Gasteiger partial charge in [-0.3, -0.25) is 0 Å². The van der Waals surface area contributed by atoms with Crippen LogP contribution in [0.25, 0.3) is 0 Å². The van der Waals surface area contributed by atoms with Crippen LogP contribution in [0.5, 0.6) is 5.75 Å². The number of carboxylic acids is 1. The fraction of sp³-hybridized carbons (Fsp3) is 0.500. The van der Waals surface area contributed by atoms with Crippen LogP contribution in [0.2, 0.25) is 0 Å². The Morgan fingerprint density at radius 2 is 2.11 bits per heavy atom. The fourth-order valence-electron chi connectivity index (χ4n) is 1.35. The number of hydrogen-bond acceptors (Lipinski definition) is 3. The molecule has 4 heteroatoms. The number of thioether (sulfide) groups is 1. The highest BCUT2D eigenvalue weighted by Gasteiger charge is 2.09. The minimum Gasteiger partial charge on any atom is -0.494 e. The molecule has 1 rings (SSSR count). The summed E-state index contributed by atoms with van der Waals surface area (Å²) < 4.78 is 5.82. The number of aromatic carboxylic acids is 1. The first-order valence-electron chi connectivity index (χ1n) is 5.98. The third kappa shape index (κ3) is 5.96. The Hall–Kier alpha value is -1.16. The van der Waals surface area contributed by atoms with E-state index in [1.54, 1.807) is 24.3 Å². The molecule has 0 saturated heterocycles. The van der Waals surface area contributed by atoms with Gasteiger partial charge in [-0.1, -0.05) is 26.8 Å². The van der Waals surface area contributed by atoms with E-state index in [0.717, 1.165) is 12.2 Å². The first-order valence-corrected chi connectivity index (χ1v) is 6.97. The second kappa shape index (κ2) is 6.69. The van der Waals surface area contributed by atoms with Crippen LogP contribution in [0.15, 0.2) is 24.3 Å². The number of hydrogen-bond donors (Lipinski definition) is 1. The van der Waals surface area contributed by atoms with E-state index >= 15 is 0 Å². The van der Waals surface area contributed by atoms with E-state index in [1.165, 1.54) is 0 Å². The molecule has 0 aromatic heterocycles. The Labute approximate surface area is 113 Å². The Morgan fingerprint density at radius 1 is 1.39 bits per heavy atom. The van der Waals surface area contributed by atoms with Gasteiger partial charge < -0.3 is 9.84 Å². The molecule has 0 amide bonds. The maximum Gasteiger partial charge on any atom is 0.335 e. The molecule has 0 aliphatic heterocycles. The monoisotopic (exact) mass is 268 g/mol. The minimum absolute atomic E-state index is 0.261. The lowest BCUT2D eigenvalue weighted by atomic mass is 10.2. The molecule has 1 aromatic rings. The molecule has 1 aromatic carbocycles. The van der Waals surface area contributed by atoms with Gasteiger partial charge in [-0.25, -0.2) is 4.79 Å². The minimum atomic E-state index is -0.927. The number of carbonyl (C=O) groups is 1. The van der Waals surface area contributed by atoms with Crippen LogP contribution in [0.3, 0.4) is 0 Å². The largest absolute Gasteiger partial charge is 0.494 e. The van der Waals surface area contributed by atoms with Gasteiger partial charge >= 0.3 is 5.97 Å². The number of rotatable bonds is 6. The van der Waals surface area contributed by atoms with Crippen molar-refractivity contribution in [1.29, 1.82) is 0 Å². The molecule has 0 saturated carbocycles. The summed E-state index contributed by atoms with van der Waals surface area (Å²) >= 11 is 1.90. The number of carboxylic acid groups (broad SMARTS) is 1. The van der Waals surface area contributed by atoms with Gasteiger partial charge in [0, 0.05) is 4.75 Å². The van der Waals surface area contributed by atoms with Crippen molar-refractivity contribution in [2.75, 3.05) is 12.4 Å². The van der Waals surface area contributed by atoms with Gasteiger partial charge in [0.2, 0.25) is 0 Å². The van der Waals surface area contributed by atoms with Crippen LogP contribution in [0.4, 0.5) is 0 Å². The normalized spacial score (nSPS) is 11.3. The lowest BCUT2D eigenvalue weighted by molar-refractivity contribution is 0.0696. The van der Waals surface area contributed by atoms with Crippen molar-refractivity contribution in [3.05, 3.63) is 29.8 Å². The summed E-state index contributed by atoms with van der Waals surface area (Å²) in [7, 11) is 0. The summed E-state index contributed by atoms with van der Waals surface area (Å²) in [5.74, 6) is 0.738. The molecular weight excluding hydrogens is 248 g/mol. The van der Waals surface area contributed by atoms with Gasteiger partial charge in [-0.05, 0) is 30.4 Å². The Balaban J connectivity index is 2.31. The molecule has 0 bridgehead atoms. The van der Waals surface area contributed by atoms with Crippen LogP contribution >= 0.6 is 11.8 Å². The summed E-state index contributed by atoms with van der Waals surface area (Å²) in [4.78, 5) is 10.8. The third-order valence-electron chi connectivity index (χ3n) is 2.17. The van der Waals surface area contributed by atoms with E-state index in [2.05, 4.69) is 20.8 Å². The third-order valence-corrected chi connectivity index (χ3v) is 3.53. The molecule has 0 fully saturated rings. The van der Waals surface area contributed by atoms with Crippen molar-refractivity contribution in [1.82, 2.24) is 0 Å². The summed E-state index contributed by atoms with van der Waals surface area (Å²) in [5.41, 5.74) is 0.261. The number of ether oxygens (including phenoxy) is 1. The molecule has 3 nitrogen and oxygen atoms in total. The molecular formula is C14H20O3S. The molecule has 18 heavy (non-hydrogen) atoms. The van der Waals surface area contributed by atoms with Crippen molar-refractivity contribution in [2.45, 2.75) is 31.9 Å². The lowest BCUT2D eigenvalue weighted by Gasteiger charge is -2.17. The second-order valence-electron chi connectivity index (χ2n) is 5.00. The molecule has 0 aliphatic rings. The van der Waals surface area contributed by atoms with Gasteiger partial charge in [0.05, 0.1) is 12.2 Å². The van der Waals surface area contributed by atoms with E-state index in [4.69, 9.17) is 9.84 Å². The molecule has 100 valence electrons. The average molecular weight is 268 g/mol. The van der Waals surface area contributed by atoms with Gasteiger partial charge in [-0.2, -0.15) is 11.8 Å². The van der Waals surface area contributed by atoms with Crippen molar-refractivity contribution >= 4 is 17.7 Å². The molecule has 0 unspecified atom stereocenters. The predicted molar refractivity (Wildman–Crippen MR) is 75.7 cm³/mol. The highest BCUT2D eigenvalue weighted by molar-refractivity contribution is 8.00. The molecule has 0 heterocycles. The summed E-state index contributed by atoms with van der Waals surface area (Å²) in [5, 5.41) is 8.85. The summed E-state index contributed by atoms with van der Waals surface area (Å²) in [6.07, 6.45) is 0.958. The molecule has 0 atom stereocenters. The molecule has 0 spiro atoms. The lowest BCUT2D eigenvalue weighted by Crippen LogP contribution is -2.09. The highest BCUT2D eigenvalue weighted by Crippen LogP contribution is 2.23. The van der Waals surface area contributed by atoms with Crippen LogP contribution in [0.1, 0.15) is 37.6 Å². The first kappa shape index (κ1) is 14.9. The van der Waals surface area contributed by atoms with Gasteiger partial charge in [0.1, 0.15) is 5.75 Å². The maximum absolute atomic E-state index is 10.8. The van der Waals surface area contributed by atoms with E-state index in [-0.39, 0.29) is 10.3 Å². The van der Waals surface area contributed by atoms with Crippen LogP contribution in [0, 0.1) is 0 Å². The van der Waals surface area contributed by atoms with Crippen molar-refractivity contribution in [2.24, 2.45) is 0 Å². The van der Waals surface area contributed by atoms with E-state index in [1.807, 2.05) is 11.8 Å². The smallest absolute Gasteiger partial charge is 0.335 e. The zero-order valence-corrected chi connectivity index (χ0v) is 11.9. The Kier molecular flexibility index (Phi) is 5.54. The van der Waals surface area contributed by atoms with E-state index in [9.17, 15) is 4.79 Å². The quantitative estimate of drug-likeness (QED) is 0.799. The molecule has 0 radical (unpaired) electrons. The average Bonchev–Trinajstić information content (AvgIpc) is 2.27. The van der Waals surface area contributed by atoms with Gasteiger partial charge in [0.15, 0.2) is 0 Å². The summed E-state index contributed by atoms with van der Waals surface area (Å²) in [6, 6.07) is 6.59. The predicted octanol–water partition coefficient (Wildman–Crippen LogP) is 3.69. The SMILES string of the molecule is CC(C)(C)SCCCOc1cccc(C(=O)O)c1. The van der Waals surface area contributed by atoms with Crippen LogP contribution in [-0.4, -0.2) is 28.2 Å². The first-order chi connectivity index (χ1) is 8.38. The Morgan fingerprint density at radius 3 is 2.72 bits per heavy atom. The van der Waals surface area contributed by atoms with Crippen molar-refractivity contribution < 1.29 is 14.6 Å². The zero-order chi connectivity index (χ0) is 13.6. The van der Waals surface area contributed by atoms with Crippen molar-refractivity contribution in [3.63, 3.8) is 0 Å². The fourth-order valence-corrected chi connectivity index (χ4v) is 2.22. The van der Waals surface area contributed by atoms with Crippen LogP contribution < -0.4 is 4.74 Å². The molecule has 1 N–H and O–H groups in total. The topological polar surface area (TPSA) is 46.5 Å². The van der Waals surface area contributed by atoms with E-state index in [0.29, 0.717) is 12.4 Å². The standard InChI is InChI=1S/C14H20O3S/c1-14(2,3)18-9-5-8-17-12-7-4-6-11(10-12)13(15)16/h4,6-7,10H,5,8-9H2,1-3H3,(H,15,16). The zero-order valence-electron chi connectivity index (χ0n) is 11.1. The van der Waals surface area contributed by atoms with Crippen molar-refractivity contribution in [3.8, 4) is 5.75 Å². The molecule has 0 aliphatic carbocycles. The number of benzene rings is 1. The van der Waals surface area contributed by atoms with Gasteiger partial charge in [0.25, 0.3) is 0 Å². The Bertz CT molecular complexity index is 396. The highest BCUT2D eigenvalue weighted by atomic mass is 32.2. The second-order valence-corrected chi connectivity index (χ2v) is 6.92. The summed E-state index contributed by atoms with van der Waals surface area (Å²) in [6.45, 7) is 7.19.